The fourth-order valence-corrected chi connectivity index (χ4v) is 8.25. The monoisotopic (exact) mass is 337 g/mol. The molecule has 5 saturated carbocycles. The highest BCUT2D eigenvalue weighted by Crippen LogP contribution is 2.67. The fourth-order valence-electron chi connectivity index (χ4n) is 8.25. The van der Waals surface area contributed by atoms with Gasteiger partial charge in [0.1, 0.15) is 0 Å². The van der Waals surface area contributed by atoms with E-state index in [0.29, 0.717) is 5.41 Å². The summed E-state index contributed by atoms with van der Waals surface area (Å²) < 4.78 is 0. The van der Waals surface area contributed by atoms with Gasteiger partial charge in [-0.3, -0.25) is 0 Å². The van der Waals surface area contributed by atoms with Crippen LogP contribution < -0.4 is 0 Å². The van der Waals surface area contributed by atoms with Crippen LogP contribution in [-0.2, 0) is 0 Å². The van der Waals surface area contributed by atoms with E-state index >= 15 is 0 Å². The van der Waals surface area contributed by atoms with Crippen LogP contribution in [0, 0.1) is 35.0 Å². The number of nitrogens with zero attached hydrogens (tertiary/aromatic N) is 1. The Balaban J connectivity index is 1.49. The summed E-state index contributed by atoms with van der Waals surface area (Å²) in [5.74, 6) is 5.85. The Hall–Kier alpha value is -0.820. The quantitative estimate of drug-likeness (QED) is 0.694. The largest absolute Gasteiger partial charge is 0.309 e. The van der Waals surface area contributed by atoms with Crippen molar-refractivity contribution in [3.8, 4) is 0 Å². The smallest absolute Gasteiger partial charge is 0.000951 e. The molecule has 0 N–H and O–H groups in total. The molecule has 5 fully saturated rings. The van der Waals surface area contributed by atoms with Crippen molar-refractivity contribution in [2.45, 2.75) is 57.3 Å². The van der Waals surface area contributed by atoms with E-state index in [1.807, 2.05) is 0 Å². The zero-order valence-corrected chi connectivity index (χ0v) is 16.2. The average molecular weight is 338 g/mol. The summed E-state index contributed by atoms with van der Waals surface area (Å²) in [6.07, 6.45) is 12.4. The molecule has 4 bridgehead atoms. The SMILES string of the molecule is CN(C)C[C@@H]1CCC(C23CC4CC(CC(C4)C2)C3)[C@H]1c1ccccc1. The van der Waals surface area contributed by atoms with Crippen molar-refractivity contribution < 1.29 is 0 Å². The summed E-state index contributed by atoms with van der Waals surface area (Å²) >= 11 is 0. The highest BCUT2D eigenvalue weighted by atomic mass is 15.1. The Morgan fingerprint density at radius 1 is 0.880 bits per heavy atom. The number of rotatable bonds is 4. The zero-order chi connectivity index (χ0) is 17.0. The van der Waals surface area contributed by atoms with E-state index in [1.165, 1.54) is 19.4 Å². The van der Waals surface area contributed by atoms with Gasteiger partial charge in [0.2, 0.25) is 0 Å². The van der Waals surface area contributed by atoms with Crippen LogP contribution in [0.5, 0.6) is 0 Å². The molecule has 5 aliphatic rings. The van der Waals surface area contributed by atoms with E-state index in [0.717, 1.165) is 35.5 Å². The summed E-state index contributed by atoms with van der Waals surface area (Å²) in [7, 11) is 4.53. The van der Waals surface area contributed by atoms with E-state index in [9.17, 15) is 0 Å². The number of benzene rings is 1. The molecule has 0 heterocycles. The Morgan fingerprint density at radius 3 is 2.04 bits per heavy atom. The molecule has 136 valence electrons. The first-order chi connectivity index (χ1) is 12.1. The topological polar surface area (TPSA) is 3.24 Å². The van der Waals surface area contributed by atoms with Crippen molar-refractivity contribution in [3.05, 3.63) is 35.9 Å². The molecule has 1 unspecified atom stereocenters. The van der Waals surface area contributed by atoms with E-state index in [4.69, 9.17) is 0 Å². The molecule has 0 radical (unpaired) electrons. The van der Waals surface area contributed by atoms with Gasteiger partial charge in [-0.1, -0.05) is 30.3 Å². The maximum Gasteiger partial charge on any atom is 0.000951 e. The molecule has 25 heavy (non-hydrogen) atoms. The molecule has 1 heteroatoms. The van der Waals surface area contributed by atoms with Crippen molar-refractivity contribution >= 4 is 0 Å². The number of hydrogen-bond donors (Lipinski definition) is 0. The van der Waals surface area contributed by atoms with Crippen LogP contribution in [-0.4, -0.2) is 25.5 Å². The van der Waals surface area contributed by atoms with Gasteiger partial charge < -0.3 is 4.90 Å². The minimum Gasteiger partial charge on any atom is -0.309 e. The van der Waals surface area contributed by atoms with Gasteiger partial charge in [0.15, 0.2) is 0 Å². The summed E-state index contributed by atoms with van der Waals surface area (Å²) in [5, 5.41) is 0. The van der Waals surface area contributed by atoms with Crippen LogP contribution in [0.1, 0.15) is 62.8 Å². The second-order valence-electron chi connectivity index (χ2n) is 10.4. The maximum absolute atomic E-state index is 2.44. The molecule has 1 aromatic carbocycles. The average Bonchev–Trinajstić information content (AvgIpc) is 2.98. The number of hydrogen-bond acceptors (Lipinski definition) is 1. The first-order valence-corrected chi connectivity index (χ1v) is 10.8. The Morgan fingerprint density at radius 2 is 1.48 bits per heavy atom. The van der Waals surface area contributed by atoms with E-state index in [2.05, 4.69) is 49.3 Å². The molecule has 1 nitrogen and oxygen atoms in total. The third-order valence-corrected chi connectivity index (χ3v) is 8.45. The van der Waals surface area contributed by atoms with Gasteiger partial charge >= 0.3 is 0 Å². The van der Waals surface area contributed by atoms with Gasteiger partial charge in [0.25, 0.3) is 0 Å². The lowest BCUT2D eigenvalue weighted by atomic mass is 9.45. The Labute approximate surface area is 154 Å². The van der Waals surface area contributed by atoms with Gasteiger partial charge in [-0.2, -0.15) is 0 Å². The van der Waals surface area contributed by atoms with Crippen LogP contribution in [0.25, 0.3) is 0 Å². The molecule has 0 aromatic heterocycles. The minimum absolute atomic E-state index is 0.705. The molecular formula is C24H35N. The van der Waals surface area contributed by atoms with Crippen LogP contribution in [0.4, 0.5) is 0 Å². The first-order valence-electron chi connectivity index (χ1n) is 10.8. The van der Waals surface area contributed by atoms with E-state index < -0.39 is 0 Å². The molecule has 5 aliphatic carbocycles. The summed E-state index contributed by atoms with van der Waals surface area (Å²) in [6.45, 7) is 1.27. The van der Waals surface area contributed by atoms with Gasteiger partial charge in [0, 0.05) is 6.54 Å². The summed E-state index contributed by atoms with van der Waals surface area (Å²) in [6, 6.07) is 11.6. The van der Waals surface area contributed by atoms with Crippen LogP contribution in [0.3, 0.4) is 0 Å². The van der Waals surface area contributed by atoms with Gasteiger partial charge in [-0.15, -0.1) is 0 Å². The lowest BCUT2D eigenvalue weighted by Gasteiger charge is -2.60. The molecule has 0 aliphatic heterocycles. The normalized spacial score (nSPS) is 45.4. The molecular weight excluding hydrogens is 302 g/mol. The second-order valence-corrected chi connectivity index (χ2v) is 10.4. The predicted octanol–water partition coefficient (Wildman–Crippen LogP) is 5.57. The molecule has 1 aromatic rings. The van der Waals surface area contributed by atoms with E-state index in [1.54, 1.807) is 44.1 Å². The van der Waals surface area contributed by atoms with E-state index in [-0.39, 0.29) is 0 Å². The van der Waals surface area contributed by atoms with Crippen molar-refractivity contribution in [3.63, 3.8) is 0 Å². The third kappa shape index (κ3) is 2.78. The zero-order valence-electron chi connectivity index (χ0n) is 16.2. The molecule has 0 saturated heterocycles. The first kappa shape index (κ1) is 16.4. The van der Waals surface area contributed by atoms with Gasteiger partial charge in [-0.25, -0.2) is 0 Å². The summed E-state index contributed by atoms with van der Waals surface area (Å²) in [5.41, 5.74) is 2.35. The predicted molar refractivity (Wildman–Crippen MR) is 105 cm³/mol. The van der Waals surface area contributed by atoms with Crippen molar-refractivity contribution in [2.75, 3.05) is 20.6 Å². The van der Waals surface area contributed by atoms with Crippen LogP contribution >= 0.6 is 0 Å². The Bertz CT molecular complexity index is 568. The summed E-state index contributed by atoms with van der Waals surface area (Å²) in [4.78, 5) is 2.43. The van der Waals surface area contributed by atoms with Gasteiger partial charge in [-0.05, 0) is 112 Å². The van der Waals surface area contributed by atoms with Crippen molar-refractivity contribution in [1.82, 2.24) is 4.90 Å². The molecule has 3 atom stereocenters. The molecule has 6 rings (SSSR count). The standard InChI is InChI=1S/C24H35N/c1-25(2)16-21-8-9-22(23(21)20-6-4-3-5-7-20)24-13-17-10-18(14-24)12-19(11-17)15-24/h3-7,17-19,21-23H,8-16H2,1-2H3/t17?,18?,19?,21-,22?,23-,24?/m0/s1. The highest BCUT2D eigenvalue weighted by molar-refractivity contribution is 5.25. The lowest BCUT2D eigenvalue weighted by molar-refractivity contribution is -0.0909. The second kappa shape index (κ2) is 6.12. The highest BCUT2D eigenvalue weighted by Gasteiger charge is 2.57. The molecule has 0 amide bonds. The minimum atomic E-state index is 0.705. The lowest BCUT2D eigenvalue weighted by Crippen LogP contribution is -2.50. The van der Waals surface area contributed by atoms with Crippen LogP contribution in [0.15, 0.2) is 30.3 Å². The molecule has 0 spiro atoms. The maximum atomic E-state index is 2.44. The van der Waals surface area contributed by atoms with Crippen molar-refractivity contribution in [2.24, 2.45) is 35.0 Å². The fraction of sp³-hybridized carbons (Fsp3) is 0.750. The van der Waals surface area contributed by atoms with Gasteiger partial charge in [0.05, 0.1) is 0 Å². The Kier molecular flexibility index (Phi) is 4.00. The third-order valence-electron chi connectivity index (χ3n) is 8.45. The van der Waals surface area contributed by atoms with Crippen molar-refractivity contribution in [1.29, 1.82) is 0 Å². The van der Waals surface area contributed by atoms with Crippen LogP contribution in [0.2, 0.25) is 0 Å².